The van der Waals surface area contributed by atoms with Gasteiger partial charge in [-0.15, -0.1) is 0 Å². The van der Waals surface area contributed by atoms with Crippen LogP contribution in [0.1, 0.15) is 5.56 Å². The number of para-hydroxylation sites is 1. The van der Waals surface area contributed by atoms with Crippen molar-refractivity contribution in [3.63, 3.8) is 0 Å². The highest BCUT2D eigenvalue weighted by Crippen LogP contribution is 2.15. The first-order valence-electron chi connectivity index (χ1n) is 5.87. The number of anilines is 1. The van der Waals surface area contributed by atoms with Gasteiger partial charge in [0.1, 0.15) is 0 Å². The third-order valence-corrected chi connectivity index (χ3v) is 2.39. The summed E-state index contributed by atoms with van der Waals surface area (Å²) in [5.74, 6) is 0. The predicted molar refractivity (Wildman–Crippen MR) is 68.4 cm³/mol. The Kier molecular flexibility index (Phi) is 7.38. The Bertz CT molecular complexity index is 304. The average Bonchev–Trinajstić information content (AvgIpc) is 2.37. The maximum absolute atomic E-state index is 8.56. The van der Waals surface area contributed by atoms with Crippen molar-refractivity contribution in [3.05, 3.63) is 29.8 Å². The van der Waals surface area contributed by atoms with E-state index >= 15 is 0 Å². The maximum atomic E-state index is 8.56. The fourth-order valence-corrected chi connectivity index (χ4v) is 1.55. The van der Waals surface area contributed by atoms with Gasteiger partial charge in [-0.3, -0.25) is 0 Å². The van der Waals surface area contributed by atoms with E-state index in [0.717, 1.165) is 25.3 Å². The molecule has 1 aromatic carbocycles. The summed E-state index contributed by atoms with van der Waals surface area (Å²) in [5, 5.41) is 11.9. The molecule has 0 unspecified atom stereocenters. The van der Waals surface area contributed by atoms with Crippen molar-refractivity contribution < 1.29 is 14.6 Å². The summed E-state index contributed by atoms with van der Waals surface area (Å²) in [6, 6.07) is 8.18. The molecule has 0 saturated heterocycles. The number of nitrogens with one attached hydrogen (secondary N) is 1. The standard InChI is InChI=1S/C13H21NO3/c1-16-9-6-12-4-2-3-5-13(12)14-7-10-17-11-8-15/h2-5,14-15H,6-11H2,1H3. The molecule has 0 aromatic heterocycles. The van der Waals surface area contributed by atoms with Gasteiger partial charge in [0.05, 0.1) is 26.4 Å². The molecule has 0 aliphatic carbocycles. The first-order valence-corrected chi connectivity index (χ1v) is 5.87. The molecular weight excluding hydrogens is 218 g/mol. The van der Waals surface area contributed by atoms with Gasteiger partial charge in [-0.1, -0.05) is 18.2 Å². The molecule has 96 valence electrons. The molecule has 4 nitrogen and oxygen atoms in total. The SMILES string of the molecule is COCCc1ccccc1NCCOCCO. The first kappa shape index (κ1) is 14.0. The van der Waals surface area contributed by atoms with E-state index in [4.69, 9.17) is 14.6 Å². The lowest BCUT2D eigenvalue weighted by Crippen LogP contribution is -2.12. The molecule has 1 aromatic rings. The highest BCUT2D eigenvalue weighted by atomic mass is 16.5. The van der Waals surface area contributed by atoms with Crippen LogP contribution in [0.2, 0.25) is 0 Å². The van der Waals surface area contributed by atoms with E-state index in [2.05, 4.69) is 17.4 Å². The van der Waals surface area contributed by atoms with E-state index < -0.39 is 0 Å². The van der Waals surface area contributed by atoms with Crippen LogP contribution in [0, 0.1) is 0 Å². The third kappa shape index (κ3) is 5.68. The predicted octanol–water partition coefficient (Wildman–Crippen LogP) is 1.30. The molecule has 1 rings (SSSR count). The van der Waals surface area contributed by atoms with Gasteiger partial charge < -0.3 is 19.9 Å². The molecular formula is C13H21NO3. The lowest BCUT2D eigenvalue weighted by atomic mass is 10.1. The minimum atomic E-state index is 0.0738. The molecule has 0 aliphatic heterocycles. The van der Waals surface area contributed by atoms with Crippen LogP contribution >= 0.6 is 0 Å². The van der Waals surface area contributed by atoms with E-state index in [1.807, 2.05) is 12.1 Å². The summed E-state index contributed by atoms with van der Waals surface area (Å²) >= 11 is 0. The quantitative estimate of drug-likeness (QED) is 0.638. The Balaban J connectivity index is 2.35. The zero-order chi connectivity index (χ0) is 12.3. The van der Waals surface area contributed by atoms with Crippen molar-refractivity contribution in [2.45, 2.75) is 6.42 Å². The Hall–Kier alpha value is -1.10. The average molecular weight is 239 g/mol. The zero-order valence-electron chi connectivity index (χ0n) is 10.3. The number of aliphatic hydroxyl groups is 1. The summed E-state index contributed by atoms with van der Waals surface area (Å²) in [7, 11) is 1.71. The van der Waals surface area contributed by atoms with Crippen molar-refractivity contribution in [1.82, 2.24) is 0 Å². The lowest BCUT2D eigenvalue weighted by Gasteiger charge is -2.11. The smallest absolute Gasteiger partial charge is 0.0698 e. The fourth-order valence-electron chi connectivity index (χ4n) is 1.55. The van der Waals surface area contributed by atoms with Crippen LogP contribution in [0.4, 0.5) is 5.69 Å². The van der Waals surface area contributed by atoms with Crippen LogP contribution in [-0.2, 0) is 15.9 Å². The monoisotopic (exact) mass is 239 g/mol. The Morgan fingerprint density at radius 2 is 2.00 bits per heavy atom. The normalized spacial score (nSPS) is 10.5. The zero-order valence-corrected chi connectivity index (χ0v) is 10.3. The molecule has 0 aliphatic rings. The van der Waals surface area contributed by atoms with Gasteiger partial charge in [-0.25, -0.2) is 0 Å². The topological polar surface area (TPSA) is 50.7 Å². The Morgan fingerprint density at radius 1 is 1.18 bits per heavy atom. The van der Waals surface area contributed by atoms with Crippen LogP contribution in [0.15, 0.2) is 24.3 Å². The fraction of sp³-hybridized carbons (Fsp3) is 0.538. The second-order valence-corrected chi connectivity index (χ2v) is 3.66. The molecule has 2 N–H and O–H groups in total. The number of hydrogen-bond donors (Lipinski definition) is 2. The molecule has 0 radical (unpaired) electrons. The third-order valence-electron chi connectivity index (χ3n) is 2.39. The van der Waals surface area contributed by atoms with E-state index in [1.54, 1.807) is 7.11 Å². The largest absolute Gasteiger partial charge is 0.394 e. The molecule has 0 bridgehead atoms. The van der Waals surface area contributed by atoms with Crippen molar-refractivity contribution >= 4 is 5.69 Å². The second kappa shape index (κ2) is 8.98. The summed E-state index contributed by atoms with van der Waals surface area (Å²) in [6.45, 7) is 2.53. The lowest BCUT2D eigenvalue weighted by molar-refractivity contribution is 0.0992. The number of rotatable bonds is 9. The van der Waals surface area contributed by atoms with Gasteiger partial charge in [-0.05, 0) is 18.1 Å². The van der Waals surface area contributed by atoms with Gasteiger partial charge in [0.2, 0.25) is 0 Å². The minimum absolute atomic E-state index is 0.0738. The molecule has 4 heteroatoms. The van der Waals surface area contributed by atoms with E-state index in [9.17, 15) is 0 Å². The summed E-state index contributed by atoms with van der Waals surface area (Å²) in [5.41, 5.74) is 2.37. The van der Waals surface area contributed by atoms with Crippen molar-refractivity contribution in [3.8, 4) is 0 Å². The maximum Gasteiger partial charge on any atom is 0.0698 e. The number of benzene rings is 1. The van der Waals surface area contributed by atoms with Crippen LogP contribution in [0.3, 0.4) is 0 Å². The van der Waals surface area contributed by atoms with Gasteiger partial charge in [0.25, 0.3) is 0 Å². The molecule has 0 heterocycles. The van der Waals surface area contributed by atoms with Crippen LogP contribution in [0.5, 0.6) is 0 Å². The van der Waals surface area contributed by atoms with Gasteiger partial charge in [-0.2, -0.15) is 0 Å². The van der Waals surface area contributed by atoms with Gasteiger partial charge >= 0.3 is 0 Å². The number of aliphatic hydroxyl groups excluding tert-OH is 1. The van der Waals surface area contributed by atoms with Gasteiger partial charge in [0, 0.05) is 19.3 Å². The van der Waals surface area contributed by atoms with E-state index in [-0.39, 0.29) is 6.61 Å². The summed E-state index contributed by atoms with van der Waals surface area (Å²) in [6.07, 6.45) is 0.900. The summed E-state index contributed by atoms with van der Waals surface area (Å²) < 4.78 is 10.3. The van der Waals surface area contributed by atoms with Crippen molar-refractivity contribution in [2.24, 2.45) is 0 Å². The molecule has 17 heavy (non-hydrogen) atoms. The minimum Gasteiger partial charge on any atom is -0.394 e. The highest BCUT2D eigenvalue weighted by molar-refractivity contribution is 5.51. The van der Waals surface area contributed by atoms with E-state index in [0.29, 0.717) is 13.2 Å². The molecule has 0 amide bonds. The van der Waals surface area contributed by atoms with Crippen LogP contribution in [-0.4, -0.2) is 45.2 Å². The Labute approximate surface area is 103 Å². The second-order valence-electron chi connectivity index (χ2n) is 3.66. The van der Waals surface area contributed by atoms with Gasteiger partial charge in [0.15, 0.2) is 0 Å². The number of ether oxygens (including phenoxy) is 2. The first-order chi connectivity index (χ1) is 8.38. The molecule has 0 atom stereocenters. The summed E-state index contributed by atoms with van der Waals surface area (Å²) in [4.78, 5) is 0. The van der Waals surface area contributed by atoms with Crippen molar-refractivity contribution in [1.29, 1.82) is 0 Å². The molecule has 0 saturated carbocycles. The van der Waals surface area contributed by atoms with Crippen molar-refractivity contribution in [2.75, 3.05) is 45.4 Å². The number of methoxy groups -OCH3 is 1. The highest BCUT2D eigenvalue weighted by Gasteiger charge is 2.00. The number of hydrogen-bond acceptors (Lipinski definition) is 4. The van der Waals surface area contributed by atoms with Crippen LogP contribution < -0.4 is 5.32 Å². The van der Waals surface area contributed by atoms with Crippen LogP contribution in [0.25, 0.3) is 0 Å². The van der Waals surface area contributed by atoms with E-state index in [1.165, 1.54) is 5.56 Å². The Morgan fingerprint density at radius 3 is 2.76 bits per heavy atom. The molecule has 0 fully saturated rings. The molecule has 0 spiro atoms.